The molecule has 0 saturated carbocycles. The van der Waals surface area contributed by atoms with Crippen LogP contribution in [0.25, 0.3) is 6.08 Å². The van der Waals surface area contributed by atoms with Crippen LogP contribution in [-0.2, 0) is 4.79 Å². The fourth-order valence-corrected chi connectivity index (χ4v) is 2.42. The summed E-state index contributed by atoms with van der Waals surface area (Å²) < 4.78 is 10.5. The number of furan rings is 1. The van der Waals surface area contributed by atoms with Crippen LogP contribution in [0, 0.1) is 0 Å². The molecule has 3 rings (SSSR count). The minimum atomic E-state index is -0.321. The Morgan fingerprint density at radius 3 is 2.67 bits per heavy atom. The molecule has 0 unspecified atom stereocenters. The minimum Gasteiger partial charge on any atom is -0.488 e. The zero-order valence-electron chi connectivity index (χ0n) is 12.7. The van der Waals surface area contributed by atoms with Crippen LogP contribution < -0.4 is 15.4 Å². The van der Waals surface area contributed by atoms with Gasteiger partial charge in [-0.25, -0.2) is 0 Å². The first-order chi connectivity index (χ1) is 11.6. The molecule has 0 fully saturated rings. The van der Waals surface area contributed by atoms with Gasteiger partial charge in [0.2, 0.25) is 0 Å². The fourth-order valence-electron chi connectivity index (χ4n) is 2.24. The number of benzene rings is 1. The number of hydrogen-bond donors (Lipinski definition) is 2. The van der Waals surface area contributed by atoms with Crippen molar-refractivity contribution in [1.82, 2.24) is 10.6 Å². The lowest BCUT2D eigenvalue weighted by Gasteiger charge is -2.17. The standard InChI is InChI=1S/C17H15ClN2O4/c18-13-3-4-14-11(9-13)8-12(10-24-14)16(21)19-5-6-20-17(22)15-2-1-7-23-15/h1-4,7-9H,5-6,10H2,(H,19,21)(H,20,22). The summed E-state index contributed by atoms with van der Waals surface area (Å²) in [5, 5.41) is 5.96. The van der Waals surface area contributed by atoms with E-state index in [4.69, 9.17) is 20.8 Å². The lowest BCUT2D eigenvalue weighted by Crippen LogP contribution is -2.36. The molecule has 0 bridgehead atoms. The van der Waals surface area contributed by atoms with Gasteiger partial charge in [0.1, 0.15) is 12.4 Å². The number of rotatable bonds is 5. The van der Waals surface area contributed by atoms with E-state index in [0.29, 0.717) is 29.4 Å². The molecule has 2 aromatic rings. The highest BCUT2D eigenvalue weighted by atomic mass is 35.5. The molecule has 0 saturated heterocycles. The zero-order chi connectivity index (χ0) is 16.9. The van der Waals surface area contributed by atoms with Crippen LogP contribution in [0.1, 0.15) is 16.1 Å². The molecule has 0 aliphatic carbocycles. The number of ether oxygens (including phenoxy) is 1. The highest BCUT2D eigenvalue weighted by Gasteiger charge is 2.17. The largest absolute Gasteiger partial charge is 0.488 e. The van der Waals surface area contributed by atoms with E-state index in [1.54, 1.807) is 36.4 Å². The first kappa shape index (κ1) is 16.1. The van der Waals surface area contributed by atoms with Crippen molar-refractivity contribution in [2.75, 3.05) is 19.7 Å². The van der Waals surface area contributed by atoms with E-state index >= 15 is 0 Å². The van der Waals surface area contributed by atoms with Crippen LogP contribution >= 0.6 is 11.6 Å². The maximum absolute atomic E-state index is 12.1. The minimum absolute atomic E-state index is 0.194. The Hall–Kier alpha value is -2.73. The van der Waals surface area contributed by atoms with Crippen LogP contribution in [0.2, 0.25) is 5.02 Å². The second-order valence-corrected chi connectivity index (χ2v) is 5.57. The van der Waals surface area contributed by atoms with Crippen molar-refractivity contribution in [2.45, 2.75) is 0 Å². The topological polar surface area (TPSA) is 80.6 Å². The van der Waals surface area contributed by atoms with Crippen LogP contribution in [0.15, 0.2) is 46.6 Å². The average Bonchev–Trinajstić information content (AvgIpc) is 3.12. The van der Waals surface area contributed by atoms with Gasteiger partial charge in [-0.3, -0.25) is 9.59 Å². The molecule has 1 aromatic carbocycles. The Labute approximate surface area is 143 Å². The Bertz CT molecular complexity index is 784. The predicted octanol–water partition coefficient (Wildman–Crippen LogP) is 2.25. The highest BCUT2D eigenvalue weighted by molar-refractivity contribution is 6.30. The summed E-state index contributed by atoms with van der Waals surface area (Å²) in [6.07, 6.45) is 3.18. The zero-order valence-corrected chi connectivity index (χ0v) is 13.4. The number of carbonyl (C=O) groups excluding carboxylic acids is 2. The summed E-state index contributed by atoms with van der Waals surface area (Å²) in [6.45, 7) is 0.784. The molecular weight excluding hydrogens is 332 g/mol. The third-order valence-corrected chi connectivity index (χ3v) is 3.65. The van der Waals surface area contributed by atoms with E-state index in [9.17, 15) is 9.59 Å². The first-order valence-electron chi connectivity index (χ1n) is 7.36. The maximum atomic E-state index is 12.1. The summed E-state index contributed by atoms with van der Waals surface area (Å²) in [6, 6.07) is 8.46. The van der Waals surface area contributed by atoms with E-state index in [1.807, 2.05) is 0 Å². The van der Waals surface area contributed by atoms with Crippen LogP contribution in [-0.4, -0.2) is 31.5 Å². The van der Waals surface area contributed by atoms with Crippen molar-refractivity contribution < 1.29 is 18.7 Å². The second-order valence-electron chi connectivity index (χ2n) is 5.13. The monoisotopic (exact) mass is 346 g/mol. The maximum Gasteiger partial charge on any atom is 0.287 e. The lowest BCUT2D eigenvalue weighted by atomic mass is 10.1. The molecule has 1 aliphatic heterocycles. The summed E-state index contributed by atoms with van der Waals surface area (Å²) in [5.41, 5.74) is 1.27. The Morgan fingerprint density at radius 1 is 1.12 bits per heavy atom. The van der Waals surface area contributed by atoms with Gasteiger partial charge in [-0.1, -0.05) is 11.6 Å². The average molecular weight is 347 g/mol. The molecule has 0 spiro atoms. The molecule has 1 aliphatic rings. The normalized spacial score (nSPS) is 12.6. The van der Waals surface area contributed by atoms with Crippen molar-refractivity contribution in [2.24, 2.45) is 0 Å². The SMILES string of the molecule is O=C(NCCNC(=O)c1ccco1)C1=Cc2cc(Cl)ccc2OC1. The second kappa shape index (κ2) is 7.23. The van der Waals surface area contributed by atoms with Crippen LogP contribution in [0.3, 0.4) is 0 Å². The molecule has 0 atom stereocenters. The lowest BCUT2D eigenvalue weighted by molar-refractivity contribution is -0.117. The van der Waals surface area contributed by atoms with Gasteiger partial charge in [0.05, 0.1) is 11.8 Å². The summed E-state index contributed by atoms with van der Waals surface area (Å²) in [4.78, 5) is 23.8. The van der Waals surface area contributed by atoms with Gasteiger partial charge in [-0.05, 0) is 36.4 Å². The molecule has 6 nitrogen and oxygen atoms in total. The summed E-state index contributed by atoms with van der Waals surface area (Å²) in [7, 11) is 0. The number of fused-ring (bicyclic) bond motifs is 1. The van der Waals surface area contributed by atoms with Crippen LogP contribution in [0.4, 0.5) is 0 Å². The van der Waals surface area contributed by atoms with Crippen molar-refractivity contribution in [1.29, 1.82) is 0 Å². The Morgan fingerprint density at radius 2 is 1.92 bits per heavy atom. The first-order valence-corrected chi connectivity index (χ1v) is 7.74. The van der Waals surface area contributed by atoms with Crippen molar-refractivity contribution >= 4 is 29.5 Å². The van der Waals surface area contributed by atoms with Gasteiger partial charge < -0.3 is 19.8 Å². The van der Waals surface area contributed by atoms with E-state index in [0.717, 1.165) is 5.56 Å². The van der Waals surface area contributed by atoms with Crippen molar-refractivity contribution in [3.63, 3.8) is 0 Å². The summed E-state index contributed by atoms with van der Waals surface area (Å²) in [5.74, 6) is 0.366. The molecule has 1 aromatic heterocycles. The van der Waals surface area contributed by atoms with Gasteiger partial charge in [0.25, 0.3) is 11.8 Å². The number of halogens is 1. The van der Waals surface area contributed by atoms with Gasteiger partial charge >= 0.3 is 0 Å². The number of amides is 2. The molecule has 124 valence electrons. The predicted molar refractivity (Wildman–Crippen MR) is 89.0 cm³/mol. The number of nitrogens with one attached hydrogen (secondary N) is 2. The molecule has 24 heavy (non-hydrogen) atoms. The Balaban J connectivity index is 1.50. The molecule has 2 N–H and O–H groups in total. The number of hydrogen-bond acceptors (Lipinski definition) is 4. The molecule has 7 heteroatoms. The van der Waals surface area contributed by atoms with Gasteiger partial charge in [-0.2, -0.15) is 0 Å². The van der Waals surface area contributed by atoms with Crippen molar-refractivity contribution in [3.05, 3.63) is 58.5 Å². The fraction of sp³-hybridized carbons (Fsp3) is 0.176. The van der Waals surface area contributed by atoms with E-state index in [1.165, 1.54) is 6.26 Å². The van der Waals surface area contributed by atoms with E-state index in [-0.39, 0.29) is 24.2 Å². The van der Waals surface area contributed by atoms with Gasteiger partial charge in [0, 0.05) is 23.7 Å². The highest BCUT2D eigenvalue weighted by Crippen LogP contribution is 2.28. The smallest absolute Gasteiger partial charge is 0.287 e. The van der Waals surface area contributed by atoms with Gasteiger partial charge in [-0.15, -0.1) is 0 Å². The molecule has 0 radical (unpaired) electrons. The third kappa shape index (κ3) is 3.78. The third-order valence-electron chi connectivity index (χ3n) is 3.42. The van der Waals surface area contributed by atoms with Crippen molar-refractivity contribution in [3.8, 4) is 5.75 Å². The Kier molecular flexibility index (Phi) is 4.86. The van der Waals surface area contributed by atoms with E-state index < -0.39 is 0 Å². The van der Waals surface area contributed by atoms with Gasteiger partial charge in [0.15, 0.2) is 5.76 Å². The molecule has 2 amide bonds. The van der Waals surface area contributed by atoms with Crippen LogP contribution in [0.5, 0.6) is 5.75 Å². The number of carbonyl (C=O) groups is 2. The van der Waals surface area contributed by atoms with E-state index in [2.05, 4.69) is 10.6 Å². The summed E-state index contributed by atoms with van der Waals surface area (Å²) >= 11 is 5.95. The molecular formula is C17H15ClN2O4. The quantitative estimate of drug-likeness (QED) is 0.814. The molecule has 2 heterocycles.